The van der Waals surface area contributed by atoms with Gasteiger partial charge >= 0.3 is 5.97 Å². The topological polar surface area (TPSA) is 66.4 Å². The first kappa shape index (κ1) is 15.1. The number of aliphatic carboxylic acids is 1. The van der Waals surface area contributed by atoms with Crippen molar-refractivity contribution in [2.24, 2.45) is 5.92 Å². The lowest BCUT2D eigenvalue weighted by Crippen LogP contribution is -2.40. The van der Waals surface area contributed by atoms with Gasteiger partial charge in [-0.2, -0.15) is 0 Å². The number of carbonyl (C=O) groups is 2. The second-order valence-corrected chi connectivity index (χ2v) is 4.52. The van der Waals surface area contributed by atoms with Crippen molar-refractivity contribution >= 4 is 11.9 Å². The number of carbonyl (C=O) groups excluding carboxylic acids is 1. The van der Waals surface area contributed by atoms with Crippen LogP contribution in [0.2, 0.25) is 0 Å². The summed E-state index contributed by atoms with van der Waals surface area (Å²) in [5.41, 5.74) is -0.696. The van der Waals surface area contributed by atoms with Gasteiger partial charge in [0.05, 0.1) is 6.42 Å². The Morgan fingerprint density at radius 2 is 1.79 bits per heavy atom. The molecule has 0 spiro atoms. The van der Waals surface area contributed by atoms with E-state index in [0.29, 0.717) is 0 Å². The van der Waals surface area contributed by atoms with Gasteiger partial charge in [0.1, 0.15) is 17.2 Å². The monoisotopic (exact) mass is 271 g/mol. The smallest absolute Gasteiger partial charge is 0.305 e. The summed E-state index contributed by atoms with van der Waals surface area (Å²) >= 11 is 0. The standard InChI is InChI=1S/C13H15F2NO3/c1-7(2)10(6-11(17)18)16-13(19)12-8(14)4-3-5-9(12)15/h3-5,7,10H,6H2,1-2H3,(H,16,19)(H,17,18). The van der Waals surface area contributed by atoms with Crippen molar-refractivity contribution in [3.63, 3.8) is 0 Å². The van der Waals surface area contributed by atoms with Crippen LogP contribution < -0.4 is 5.32 Å². The first-order chi connectivity index (χ1) is 8.82. The van der Waals surface area contributed by atoms with Gasteiger partial charge in [0.15, 0.2) is 0 Å². The Morgan fingerprint density at radius 1 is 1.26 bits per heavy atom. The molecule has 19 heavy (non-hydrogen) atoms. The van der Waals surface area contributed by atoms with Gasteiger partial charge in [-0.3, -0.25) is 9.59 Å². The molecule has 0 aliphatic rings. The summed E-state index contributed by atoms with van der Waals surface area (Å²) in [6.07, 6.45) is -0.306. The number of carboxylic acid groups (broad SMARTS) is 1. The Balaban J connectivity index is 2.91. The lowest BCUT2D eigenvalue weighted by molar-refractivity contribution is -0.137. The molecule has 1 unspecified atom stereocenters. The summed E-state index contributed by atoms with van der Waals surface area (Å²) in [5.74, 6) is -4.16. The number of hydrogen-bond acceptors (Lipinski definition) is 2. The van der Waals surface area contributed by atoms with Crippen LogP contribution in [0.25, 0.3) is 0 Å². The fraction of sp³-hybridized carbons (Fsp3) is 0.385. The van der Waals surface area contributed by atoms with E-state index in [9.17, 15) is 18.4 Å². The molecule has 0 heterocycles. The van der Waals surface area contributed by atoms with Crippen molar-refractivity contribution in [3.8, 4) is 0 Å². The van der Waals surface area contributed by atoms with Crippen molar-refractivity contribution in [3.05, 3.63) is 35.4 Å². The van der Waals surface area contributed by atoms with Gasteiger partial charge in [0.25, 0.3) is 5.91 Å². The highest BCUT2D eigenvalue weighted by Gasteiger charge is 2.23. The number of rotatable bonds is 5. The summed E-state index contributed by atoms with van der Waals surface area (Å²) < 4.78 is 26.8. The second kappa shape index (κ2) is 6.26. The third-order valence-corrected chi connectivity index (χ3v) is 2.71. The molecule has 0 aliphatic heterocycles. The lowest BCUT2D eigenvalue weighted by atomic mass is 10.0. The van der Waals surface area contributed by atoms with Crippen LogP contribution in [0.15, 0.2) is 18.2 Å². The zero-order chi connectivity index (χ0) is 14.6. The fourth-order valence-corrected chi connectivity index (χ4v) is 1.60. The van der Waals surface area contributed by atoms with E-state index in [1.807, 2.05) is 0 Å². The van der Waals surface area contributed by atoms with Crippen LogP contribution in [-0.2, 0) is 4.79 Å². The van der Waals surface area contributed by atoms with Gasteiger partial charge in [-0.25, -0.2) is 8.78 Å². The Kier molecular flexibility index (Phi) is 4.97. The molecule has 0 aliphatic carbocycles. The molecule has 0 aromatic heterocycles. The van der Waals surface area contributed by atoms with Crippen molar-refractivity contribution in [1.82, 2.24) is 5.32 Å². The Morgan fingerprint density at radius 3 is 2.21 bits per heavy atom. The van der Waals surface area contributed by atoms with Crippen LogP contribution in [0.3, 0.4) is 0 Å². The number of amides is 1. The molecule has 4 nitrogen and oxygen atoms in total. The number of benzene rings is 1. The Bertz CT molecular complexity index is 469. The van der Waals surface area contributed by atoms with E-state index in [0.717, 1.165) is 18.2 Å². The molecule has 0 fully saturated rings. The van der Waals surface area contributed by atoms with Crippen LogP contribution in [0.5, 0.6) is 0 Å². The van der Waals surface area contributed by atoms with E-state index >= 15 is 0 Å². The van der Waals surface area contributed by atoms with Crippen molar-refractivity contribution in [1.29, 1.82) is 0 Å². The van der Waals surface area contributed by atoms with Gasteiger partial charge in [-0.1, -0.05) is 19.9 Å². The van der Waals surface area contributed by atoms with Crippen LogP contribution in [0.4, 0.5) is 8.78 Å². The van der Waals surface area contributed by atoms with Crippen LogP contribution in [0, 0.1) is 17.6 Å². The van der Waals surface area contributed by atoms with Crippen molar-refractivity contribution in [2.75, 3.05) is 0 Å². The van der Waals surface area contributed by atoms with E-state index in [2.05, 4.69) is 5.32 Å². The first-order valence-corrected chi connectivity index (χ1v) is 5.79. The SMILES string of the molecule is CC(C)C(CC(=O)O)NC(=O)c1c(F)cccc1F. The average molecular weight is 271 g/mol. The van der Waals surface area contributed by atoms with Gasteiger partial charge in [-0.05, 0) is 18.1 Å². The molecular formula is C13H15F2NO3. The number of halogens is 2. The number of hydrogen-bond donors (Lipinski definition) is 2. The van der Waals surface area contributed by atoms with E-state index in [1.165, 1.54) is 0 Å². The summed E-state index contributed by atoms with van der Waals surface area (Å²) in [5, 5.41) is 11.1. The van der Waals surface area contributed by atoms with Crippen molar-refractivity contribution < 1.29 is 23.5 Å². The van der Waals surface area contributed by atoms with Gasteiger partial charge in [0, 0.05) is 6.04 Å². The molecule has 0 radical (unpaired) electrons. The minimum atomic E-state index is -1.09. The highest BCUT2D eigenvalue weighted by Crippen LogP contribution is 2.14. The molecule has 1 amide bonds. The summed E-state index contributed by atoms with van der Waals surface area (Å²) in [6, 6.07) is 2.40. The molecule has 1 rings (SSSR count). The highest BCUT2D eigenvalue weighted by atomic mass is 19.1. The normalized spacial score (nSPS) is 12.3. The molecule has 104 valence electrons. The molecule has 6 heteroatoms. The van der Waals surface area contributed by atoms with Gasteiger partial charge in [-0.15, -0.1) is 0 Å². The predicted octanol–water partition coefficient (Wildman–Crippen LogP) is 2.19. The summed E-state index contributed by atoms with van der Waals surface area (Å²) in [4.78, 5) is 22.5. The molecule has 1 aromatic rings. The predicted molar refractivity (Wildman–Crippen MR) is 64.7 cm³/mol. The second-order valence-electron chi connectivity index (χ2n) is 4.52. The third-order valence-electron chi connectivity index (χ3n) is 2.71. The minimum Gasteiger partial charge on any atom is -0.481 e. The lowest BCUT2D eigenvalue weighted by Gasteiger charge is -2.20. The zero-order valence-corrected chi connectivity index (χ0v) is 10.6. The maximum atomic E-state index is 13.4. The Hall–Kier alpha value is -1.98. The quantitative estimate of drug-likeness (QED) is 0.862. The number of nitrogens with one attached hydrogen (secondary N) is 1. The van der Waals surface area contributed by atoms with Gasteiger partial charge < -0.3 is 10.4 Å². The molecule has 1 atom stereocenters. The zero-order valence-electron chi connectivity index (χ0n) is 10.6. The summed E-state index contributed by atoms with van der Waals surface area (Å²) in [7, 11) is 0. The third kappa shape index (κ3) is 4.01. The van der Waals surface area contributed by atoms with E-state index in [-0.39, 0.29) is 12.3 Å². The van der Waals surface area contributed by atoms with E-state index in [4.69, 9.17) is 5.11 Å². The average Bonchev–Trinajstić information content (AvgIpc) is 2.27. The fourth-order valence-electron chi connectivity index (χ4n) is 1.60. The van der Waals surface area contributed by atoms with E-state index in [1.54, 1.807) is 13.8 Å². The minimum absolute atomic E-state index is 0.171. The molecule has 0 saturated carbocycles. The number of carboxylic acids is 1. The molecule has 0 bridgehead atoms. The maximum absolute atomic E-state index is 13.4. The molecular weight excluding hydrogens is 256 g/mol. The maximum Gasteiger partial charge on any atom is 0.305 e. The van der Waals surface area contributed by atoms with E-state index < -0.39 is 35.1 Å². The molecule has 1 aromatic carbocycles. The first-order valence-electron chi connectivity index (χ1n) is 5.79. The largest absolute Gasteiger partial charge is 0.481 e. The van der Waals surface area contributed by atoms with Crippen LogP contribution in [0.1, 0.15) is 30.6 Å². The Labute approximate surface area is 109 Å². The van der Waals surface area contributed by atoms with Crippen LogP contribution in [-0.4, -0.2) is 23.0 Å². The molecule has 2 N–H and O–H groups in total. The summed E-state index contributed by atoms with van der Waals surface area (Å²) in [6.45, 7) is 3.43. The highest BCUT2D eigenvalue weighted by molar-refractivity contribution is 5.95. The van der Waals surface area contributed by atoms with Gasteiger partial charge in [0.2, 0.25) is 0 Å². The molecule has 0 saturated heterocycles. The van der Waals surface area contributed by atoms with Crippen molar-refractivity contribution in [2.45, 2.75) is 26.3 Å². The van der Waals surface area contributed by atoms with Crippen LogP contribution >= 0.6 is 0 Å².